The molecular weight excluding hydrogens is 310 g/mol. The van der Waals surface area contributed by atoms with Gasteiger partial charge in [0.25, 0.3) is 5.91 Å². The molecule has 1 aliphatic heterocycles. The molecule has 2 heterocycles. The molecule has 0 unspecified atom stereocenters. The van der Waals surface area contributed by atoms with Crippen LogP contribution in [0.1, 0.15) is 36.5 Å². The van der Waals surface area contributed by atoms with Crippen LogP contribution in [-0.2, 0) is 9.59 Å². The Hall–Kier alpha value is -2.51. The second-order valence-corrected chi connectivity index (χ2v) is 6.64. The van der Waals surface area contributed by atoms with Crippen LogP contribution in [0.15, 0.2) is 12.4 Å². The molecule has 0 spiro atoms. The molecule has 8 nitrogen and oxygen atoms in total. The molecule has 1 aromatic heterocycles. The first-order chi connectivity index (χ1) is 11.2. The summed E-state index contributed by atoms with van der Waals surface area (Å²) < 4.78 is 0. The van der Waals surface area contributed by atoms with Crippen LogP contribution in [0.5, 0.6) is 0 Å². The second-order valence-electron chi connectivity index (χ2n) is 6.64. The lowest BCUT2D eigenvalue weighted by molar-refractivity contribution is -0.139. The van der Waals surface area contributed by atoms with Crippen LogP contribution in [0.25, 0.3) is 0 Å². The Morgan fingerprint density at radius 1 is 1.08 bits per heavy atom. The van der Waals surface area contributed by atoms with Crippen LogP contribution in [0.2, 0.25) is 0 Å². The summed E-state index contributed by atoms with van der Waals surface area (Å²) in [5.74, 6) is -0.810. The van der Waals surface area contributed by atoms with Gasteiger partial charge < -0.3 is 15.5 Å². The first kappa shape index (κ1) is 17.8. The highest BCUT2D eigenvalue weighted by Crippen LogP contribution is 2.21. The van der Waals surface area contributed by atoms with Gasteiger partial charge in [0.1, 0.15) is 5.69 Å². The monoisotopic (exact) mass is 333 g/mol. The summed E-state index contributed by atoms with van der Waals surface area (Å²) in [5.41, 5.74) is 5.49. The standard InChI is InChI=1S/C16H23N5O3/c1-11-9-19-12(10-18-11)14(23)21-6-4-20(5-7-21)13(22)8-16(2,3)15(17)24/h9-10H,4-8H2,1-3H3,(H2,17,24). The van der Waals surface area contributed by atoms with Gasteiger partial charge in [-0.2, -0.15) is 0 Å². The van der Waals surface area contributed by atoms with Crippen LogP contribution < -0.4 is 5.73 Å². The van der Waals surface area contributed by atoms with Gasteiger partial charge in [-0.3, -0.25) is 19.4 Å². The number of hydrogen-bond donors (Lipinski definition) is 1. The van der Waals surface area contributed by atoms with E-state index in [0.717, 1.165) is 5.69 Å². The van der Waals surface area contributed by atoms with E-state index in [0.29, 0.717) is 31.9 Å². The summed E-state index contributed by atoms with van der Waals surface area (Å²) in [5, 5.41) is 0. The number of hydrogen-bond acceptors (Lipinski definition) is 5. The lowest BCUT2D eigenvalue weighted by Gasteiger charge is -2.35. The van der Waals surface area contributed by atoms with E-state index in [1.54, 1.807) is 36.8 Å². The third kappa shape index (κ3) is 4.06. The molecular formula is C16H23N5O3. The molecule has 8 heteroatoms. The summed E-state index contributed by atoms with van der Waals surface area (Å²) >= 11 is 0. The second kappa shape index (κ2) is 6.94. The minimum Gasteiger partial charge on any atom is -0.369 e. The number of amides is 3. The highest BCUT2D eigenvalue weighted by molar-refractivity contribution is 5.92. The van der Waals surface area contributed by atoms with Crippen molar-refractivity contribution in [2.24, 2.45) is 11.1 Å². The van der Waals surface area contributed by atoms with Gasteiger partial charge in [0, 0.05) is 38.8 Å². The molecule has 2 rings (SSSR count). The summed E-state index contributed by atoms with van der Waals surface area (Å²) in [4.78, 5) is 47.5. The molecule has 2 N–H and O–H groups in total. The first-order valence-corrected chi connectivity index (χ1v) is 7.86. The summed E-state index contributed by atoms with van der Waals surface area (Å²) in [6.07, 6.45) is 3.09. The van der Waals surface area contributed by atoms with Crippen LogP contribution >= 0.6 is 0 Å². The zero-order valence-electron chi connectivity index (χ0n) is 14.3. The van der Waals surface area contributed by atoms with Gasteiger partial charge in [-0.25, -0.2) is 4.98 Å². The van der Waals surface area contributed by atoms with Crippen LogP contribution in [0.4, 0.5) is 0 Å². The highest BCUT2D eigenvalue weighted by atomic mass is 16.2. The van der Waals surface area contributed by atoms with Crippen molar-refractivity contribution in [2.45, 2.75) is 27.2 Å². The molecule has 0 aliphatic carbocycles. The first-order valence-electron chi connectivity index (χ1n) is 7.86. The van der Waals surface area contributed by atoms with Crippen molar-refractivity contribution in [3.8, 4) is 0 Å². The van der Waals surface area contributed by atoms with Crippen molar-refractivity contribution in [1.82, 2.24) is 19.8 Å². The predicted octanol–water partition coefficient (Wildman–Crippen LogP) is -0.0290. The predicted molar refractivity (Wildman–Crippen MR) is 86.8 cm³/mol. The van der Waals surface area contributed by atoms with Gasteiger partial charge in [-0.15, -0.1) is 0 Å². The third-order valence-corrected chi connectivity index (χ3v) is 4.18. The number of primary amides is 1. The van der Waals surface area contributed by atoms with E-state index in [1.165, 1.54) is 6.20 Å². The van der Waals surface area contributed by atoms with E-state index >= 15 is 0 Å². The average Bonchev–Trinajstić information content (AvgIpc) is 2.54. The molecule has 130 valence electrons. The van der Waals surface area contributed by atoms with Crippen LogP contribution in [0, 0.1) is 12.3 Å². The van der Waals surface area contributed by atoms with Crippen molar-refractivity contribution in [1.29, 1.82) is 0 Å². The maximum absolute atomic E-state index is 12.4. The normalized spacial score (nSPS) is 15.3. The van der Waals surface area contributed by atoms with E-state index in [1.807, 2.05) is 0 Å². The minimum atomic E-state index is -0.873. The Morgan fingerprint density at radius 2 is 1.67 bits per heavy atom. The number of piperazine rings is 1. The number of nitrogens with two attached hydrogens (primary N) is 1. The number of rotatable bonds is 4. The quantitative estimate of drug-likeness (QED) is 0.832. The van der Waals surface area contributed by atoms with Gasteiger partial charge in [-0.05, 0) is 6.92 Å². The average molecular weight is 333 g/mol. The Labute approximate surface area is 141 Å². The topological polar surface area (TPSA) is 109 Å². The van der Waals surface area contributed by atoms with E-state index in [4.69, 9.17) is 5.73 Å². The minimum absolute atomic E-state index is 0.0692. The Kier molecular flexibility index (Phi) is 5.16. The summed E-state index contributed by atoms with van der Waals surface area (Å²) in [7, 11) is 0. The molecule has 24 heavy (non-hydrogen) atoms. The molecule has 1 aliphatic rings. The van der Waals surface area contributed by atoms with Gasteiger partial charge in [0.2, 0.25) is 11.8 Å². The molecule has 0 bridgehead atoms. The molecule has 0 radical (unpaired) electrons. The van der Waals surface area contributed by atoms with Gasteiger partial charge >= 0.3 is 0 Å². The maximum Gasteiger partial charge on any atom is 0.274 e. The fourth-order valence-electron chi connectivity index (χ4n) is 2.40. The smallest absolute Gasteiger partial charge is 0.274 e. The van der Waals surface area contributed by atoms with E-state index < -0.39 is 11.3 Å². The number of nitrogens with zero attached hydrogens (tertiary/aromatic N) is 4. The van der Waals surface area contributed by atoms with Crippen LogP contribution in [-0.4, -0.2) is 63.7 Å². The van der Waals surface area contributed by atoms with Gasteiger partial charge in [0.15, 0.2) is 0 Å². The van der Waals surface area contributed by atoms with E-state index in [-0.39, 0.29) is 18.2 Å². The fraction of sp³-hybridized carbons (Fsp3) is 0.562. The largest absolute Gasteiger partial charge is 0.369 e. The SMILES string of the molecule is Cc1cnc(C(=O)N2CCN(C(=O)CC(C)(C)C(N)=O)CC2)cn1. The number of aromatic nitrogens is 2. The Balaban J connectivity index is 1.91. The number of aryl methyl sites for hydroxylation is 1. The molecule has 0 atom stereocenters. The third-order valence-electron chi connectivity index (χ3n) is 4.18. The lowest BCUT2D eigenvalue weighted by Crippen LogP contribution is -2.51. The van der Waals surface area contributed by atoms with Gasteiger partial charge in [0.05, 0.1) is 17.3 Å². The molecule has 0 saturated carbocycles. The number of carbonyl (C=O) groups is 3. The molecule has 1 fully saturated rings. The van der Waals surface area contributed by atoms with Crippen LogP contribution in [0.3, 0.4) is 0 Å². The Bertz CT molecular complexity index is 634. The van der Waals surface area contributed by atoms with Crippen molar-refractivity contribution in [3.05, 3.63) is 23.8 Å². The van der Waals surface area contributed by atoms with E-state index in [2.05, 4.69) is 9.97 Å². The molecule has 1 aromatic rings. The highest BCUT2D eigenvalue weighted by Gasteiger charge is 2.32. The zero-order valence-corrected chi connectivity index (χ0v) is 14.3. The molecule has 3 amide bonds. The fourth-order valence-corrected chi connectivity index (χ4v) is 2.40. The lowest BCUT2D eigenvalue weighted by atomic mass is 9.88. The van der Waals surface area contributed by atoms with E-state index in [9.17, 15) is 14.4 Å². The number of carbonyl (C=O) groups excluding carboxylic acids is 3. The van der Waals surface area contributed by atoms with Crippen molar-refractivity contribution < 1.29 is 14.4 Å². The molecule has 0 aromatic carbocycles. The van der Waals surface area contributed by atoms with Gasteiger partial charge in [-0.1, -0.05) is 13.8 Å². The Morgan fingerprint density at radius 3 is 2.17 bits per heavy atom. The van der Waals surface area contributed by atoms with Crippen molar-refractivity contribution >= 4 is 17.7 Å². The summed E-state index contributed by atoms with van der Waals surface area (Å²) in [6.45, 7) is 6.83. The summed E-state index contributed by atoms with van der Waals surface area (Å²) in [6, 6.07) is 0. The maximum atomic E-state index is 12.4. The van der Waals surface area contributed by atoms with Crippen molar-refractivity contribution in [2.75, 3.05) is 26.2 Å². The van der Waals surface area contributed by atoms with Crippen molar-refractivity contribution in [3.63, 3.8) is 0 Å². The molecule has 1 saturated heterocycles. The zero-order chi connectivity index (χ0) is 17.9.